The van der Waals surface area contributed by atoms with Gasteiger partial charge in [0.25, 0.3) is 0 Å². The topological polar surface area (TPSA) is 29.5 Å². The van der Waals surface area contributed by atoms with E-state index in [0.29, 0.717) is 11.6 Å². The van der Waals surface area contributed by atoms with Crippen LogP contribution in [0.2, 0.25) is 0 Å². The van der Waals surface area contributed by atoms with Crippen LogP contribution in [0.3, 0.4) is 0 Å². The molecule has 0 aliphatic rings. The molecule has 0 aliphatic heterocycles. The van der Waals surface area contributed by atoms with Crippen molar-refractivity contribution in [1.29, 1.82) is 0 Å². The highest BCUT2D eigenvalue weighted by atomic mass is 19.1. The Balaban J connectivity index is 0.00000106. The molecule has 1 N–H and O–H groups in total. The lowest BCUT2D eigenvalue weighted by molar-refractivity contribution is 0.186. The Morgan fingerprint density at radius 3 is 2.24 bits per heavy atom. The third kappa shape index (κ3) is 3.40. The van der Waals surface area contributed by atoms with E-state index in [1.807, 2.05) is 13.8 Å². The summed E-state index contributed by atoms with van der Waals surface area (Å²) in [5.41, 5.74) is 0.497. The SMILES string of the molecule is CC.CC(C)c1cc(O)cc2c(F)cc(F)c(OCF)c12. The second kappa shape index (κ2) is 7.20. The van der Waals surface area contributed by atoms with Crippen LogP contribution in [0.5, 0.6) is 11.5 Å². The Labute approximate surface area is 122 Å². The molecule has 21 heavy (non-hydrogen) atoms. The molecule has 2 nitrogen and oxygen atoms in total. The van der Waals surface area contributed by atoms with Gasteiger partial charge in [-0.3, -0.25) is 0 Å². The van der Waals surface area contributed by atoms with Crippen LogP contribution in [0, 0.1) is 11.6 Å². The van der Waals surface area contributed by atoms with E-state index in [-0.39, 0.29) is 28.2 Å². The van der Waals surface area contributed by atoms with Crippen LogP contribution in [-0.2, 0) is 0 Å². The highest BCUT2D eigenvalue weighted by Crippen LogP contribution is 2.39. The number of halogens is 3. The van der Waals surface area contributed by atoms with Gasteiger partial charge in [0.1, 0.15) is 11.6 Å². The molecule has 0 amide bonds. The Morgan fingerprint density at radius 2 is 1.71 bits per heavy atom. The molecular formula is C16H19F3O2. The van der Waals surface area contributed by atoms with E-state index < -0.39 is 18.5 Å². The minimum absolute atomic E-state index is 0.00792. The fraction of sp³-hybridized carbons (Fsp3) is 0.375. The predicted octanol–water partition coefficient (Wildman–Crippen LogP) is 5.28. The van der Waals surface area contributed by atoms with E-state index in [2.05, 4.69) is 4.74 Å². The van der Waals surface area contributed by atoms with Gasteiger partial charge < -0.3 is 9.84 Å². The summed E-state index contributed by atoms with van der Waals surface area (Å²) in [6, 6.07) is 3.19. The second-order valence-electron chi connectivity index (χ2n) is 4.54. The van der Waals surface area contributed by atoms with E-state index >= 15 is 0 Å². The summed E-state index contributed by atoms with van der Waals surface area (Å²) in [7, 11) is 0. The fourth-order valence-corrected chi connectivity index (χ4v) is 2.12. The molecular weight excluding hydrogens is 281 g/mol. The molecule has 0 aromatic heterocycles. The van der Waals surface area contributed by atoms with Gasteiger partial charge in [-0.15, -0.1) is 0 Å². The smallest absolute Gasteiger partial charge is 0.228 e. The van der Waals surface area contributed by atoms with Crippen molar-refractivity contribution in [3.05, 3.63) is 35.4 Å². The lowest BCUT2D eigenvalue weighted by Gasteiger charge is -2.15. The number of ether oxygens (including phenoxy) is 1. The molecule has 0 heterocycles. The zero-order valence-corrected chi connectivity index (χ0v) is 12.5. The van der Waals surface area contributed by atoms with Gasteiger partial charge in [-0.2, -0.15) is 0 Å². The van der Waals surface area contributed by atoms with E-state index in [4.69, 9.17) is 0 Å². The van der Waals surface area contributed by atoms with E-state index in [0.717, 1.165) is 0 Å². The molecule has 0 bridgehead atoms. The standard InChI is InChI=1S/C14H13F3O2.C2H6/c1-7(2)9-3-8(18)4-10-11(16)5-12(17)14(13(9)10)19-6-15;1-2/h3-5,7,18H,6H2,1-2H3;1-2H3. The van der Waals surface area contributed by atoms with E-state index in [1.165, 1.54) is 12.1 Å². The Bertz CT molecular complexity index is 625. The first-order chi connectivity index (χ1) is 9.95. The number of rotatable bonds is 3. The molecule has 0 saturated carbocycles. The van der Waals surface area contributed by atoms with E-state index in [1.54, 1.807) is 13.8 Å². The Morgan fingerprint density at radius 1 is 1.10 bits per heavy atom. The number of hydrogen-bond acceptors (Lipinski definition) is 2. The first-order valence-electron chi connectivity index (χ1n) is 6.79. The lowest BCUT2D eigenvalue weighted by atomic mass is 9.94. The van der Waals surface area contributed by atoms with Gasteiger partial charge in [0.15, 0.2) is 11.6 Å². The highest BCUT2D eigenvalue weighted by Gasteiger charge is 2.19. The summed E-state index contributed by atoms with van der Waals surface area (Å²) in [4.78, 5) is 0. The number of phenolic OH excluding ortho intramolecular Hbond substituents is 1. The molecule has 0 atom stereocenters. The molecule has 0 aliphatic carbocycles. The molecule has 0 spiro atoms. The van der Waals surface area contributed by atoms with Crippen molar-refractivity contribution in [2.45, 2.75) is 33.6 Å². The van der Waals surface area contributed by atoms with Crippen LogP contribution in [0.4, 0.5) is 13.2 Å². The number of alkyl halides is 1. The minimum atomic E-state index is -1.21. The van der Waals surface area contributed by atoms with Crippen LogP contribution in [0.25, 0.3) is 10.8 Å². The van der Waals surface area contributed by atoms with Crippen molar-refractivity contribution in [2.75, 3.05) is 6.86 Å². The Hall–Kier alpha value is -1.91. The van der Waals surface area contributed by atoms with Crippen LogP contribution in [0.15, 0.2) is 18.2 Å². The lowest BCUT2D eigenvalue weighted by Crippen LogP contribution is -2.00. The molecule has 116 valence electrons. The molecule has 0 unspecified atom stereocenters. The first kappa shape index (κ1) is 17.1. The maximum Gasteiger partial charge on any atom is 0.228 e. The van der Waals surface area contributed by atoms with Gasteiger partial charge in [-0.05, 0) is 23.6 Å². The summed E-state index contributed by atoms with van der Waals surface area (Å²) in [6.07, 6.45) is 0. The Kier molecular flexibility index (Phi) is 5.88. The molecule has 0 fully saturated rings. The van der Waals surface area contributed by atoms with Gasteiger partial charge in [-0.1, -0.05) is 27.7 Å². The molecule has 0 saturated heterocycles. The monoisotopic (exact) mass is 300 g/mol. The van der Waals surface area contributed by atoms with Crippen molar-refractivity contribution in [2.24, 2.45) is 0 Å². The maximum atomic E-state index is 13.8. The quantitative estimate of drug-likeness (QED) is 0.835. The van der Waals surface area contributed by atoms with Crippen LogP contribution in [0.1, 0.15) is 39.2 Å². The average Bonchev–Trinajstić information content (AvgIpc) is 2.45. The second-order valence-corrected chi connectivity index (χ2v) is 4.54. The van der Waals surface area contributed by atoms with Crippen LogP contribution < -0.4 is 4.74 Å². The maximum absolute atomic E-state index is 13.8. The zero-order valence-electron chi connectivity index (χ0n) is 12.5. The predicted molar refractivity (Wildman–Crippen MR) is 77.6 cm³/mol. The summed E-state index contributed by atoms with van der Waals surface area (Å²) >= 11 is 0. The summed E-state index contributed by atoms with van der Waals surface area (Å²) in [5.74, 6) is -2.36. The number of fused-ring (bicyclic) bond motifs is 1. The number of aromatic hydroxyl groups is 1. The van der Waals surface area contributed by atoms with Crippen LogP contribution >= 0.6 is 0 Å². The minimum Gasteiger partial charge on any atom is -0.508 e. The summed E-state index contributed by atoms with van der Waals surface area (Å²) in [5, 5.41) is 9.76. The van der Waals surface area contributed by atoms with Crippen molar-refractivity contribution in [3.63, 3.8) is 0 Å². The number of phenols is 1. The van der Waals surface area contributed by atoms with E-state index in [9.17, 15) is 18.3 Å². The first-order valence-corrected chi connectivity index (χ1v) is 6.79. The molecule has 2 aromatic rings. The van der Waals surface area contributed by atoms with Gasteiger partial charge in [-0.25, -0.2) is 13.2 Å². The van der Waals surface area contributed by atoms with Crippen molar-refractivity contribution < 1.29 is 23.0 Å². The zero-order chi connectivity index (χ0) is 16.2. The van der Waals surface area contributed by atoms with Gasteiger partial charge in [0.05, 0.1) is 0 Å². The van der Waals surface area contributed by atoms with Crippen molar-refractivity contribution in [1.82, 2.24) is 0 Å². The molecule has 0 radical (unpaired) electrons. The molecule has 2 rings (SSSR count). The van der Waals surface area contributed by atoms with Crippen LogP contribution in [-0.4, -0.2) is 12.0 Å². The van der Waals surface area contributed by atoms with Gasteiger partial charge in [0.2, 0.25) is 6.86 Å². The normalized spacial score (nSPS) is 10.5. The average molecular weight is 300 g/mol. The number of benzene rings is 2. The van der Waals surface area contributed by atoms with Gasteiger partial charge in [0, 0.05) is 16.8 Å². The fourth-order valence-electron chi connectivity index (χ4n) is 2.12. The third-order valence-corrected chi connectivity index (χ3v) is 2.93. The van der Waals surface area contributed by atoms with Gasteiger partial charge >= 0.3 is 0 Å². The third-order valence-electron chi connectivity index (χ3n) is 2.93. The molecule has 5 heteroatoms. The molecule has 2 aromatic carbocycles. The largest absolute Gasteiger partial charge is 0.508 e. The number of hydrogen-bond donors (Lipinski definition) is 1. The van der Waals surface area contributed by atoms with Crippen molar-refractivity contribution in [3.8, 4) is 11.5 Å². The summed E-state index contributed by atoms with van der Waals surface area (Å²) in [6.45, 7) is 6.39. The summed E-state index contributed by atoms with van der Waals surface area (Å²) < 4.78 is 44.5. The van der Waals surface area contributed by atoms with Crippen molar-refractivity contribution >= 4 is 10.8 Å². The highest BCUT2D eigenvalue weighted by molar-refractivity contribution is 5.93.